The van der Waals surface area contributed by atoms with Gasteiger partial charge in [0.25, 0.3) is 0 Å². The molecule has 3 heteroatoms. The molecule has 0 atom stereocenters. The predicted molar refractivity (Wildman–Crippen MR) is 72.6 cm³/mol. The maximum atomic E-state index is 3.19. The first kappa shape index (κ1) is 10.6. The zero-order chi connectivity index (χ0) is 11.5. The molecule has 0 bridgehead atoms. The lowest BCUT2D eigenvalue weighted by molar-refractivity contribution is 1.46. The Morgan fingerprint density at radius 1 is 0.688 bits per heavy atom. The van der Waals surface area contributed by atoms with Gasteiger partial charge in [0.05, 0.1) is 11.4 Å². The molecule has 0 spiro atoms. The largest absolute Gasteiger partial charge is 0.388 e. The maximum Gasteiger partial charge on any atom is 0.0579 e. The summed E-state index contributed by atoms with van der Waals surface area (Å²) in [4.78, 5) is 0. The van der Waals surface area contributed by atoms with Gasteiger partial charge in [-0.3, -0.25) is 0 Å². The van der Waals surface area contributed by atoms with E-state index in [1.807, 2.05) is 21.1 Å². The Kier molecular flexibility index (Phi) is 2.86. The van der Waals surface area contributed by atoms with Crippen LogP contribution in [0.5, 0.6) is 0 Å². The van der Waals surface area contributed by atoms with E-state index in [-0.39, 0.29) is 0 Å². The van der Waals surface area contributed by atoms with E-state index in [1.165, 1.54) is 10.8 Å². The molecule has 2 rings (SSSR count). The Hall–Kier alpha value is -1.90. The van der Waals surface area contributed by atoms with Gasteiger partial charge in [-0.2, -0.15) is 0 Å². The molecule has 0 amide bonds. The topological polar surface area (TPSA) is 36.1 Å². The molecule has 0 aromatic heterocycles. The molecule has 84 valence electrons. The van der Waals surface area contributed by atoms with E-state index in [0.29, 0.717) is 0 Å². The lowest BCUT2D eigenvalue weighted by Gasteiger charge is -2.11. The van der Waals surface area contributed by atoms with Gasteiger partial charge in [0.2, 0.25) is 0 Å². The van der Waals surface area contributed by atoms with Crippen molar-refractivity contribution in [3.05, 3.63) is 30.3 Å². The monoisotopic (exact) mass is 215 g/mol. The Morgan fingerprint density at radius 3 is 1.88 bits per heavy atom. The molecule has 0 aliphatic rings. The SMILES string of the molecule is CNc1ccc2cc(NC)c(NC)cc2c1. The molecule has 3 N–H and O–H groups in total. The number of rotatable bonds is 3. The van der Waals surface area contributed by atoms with E-state index >= 15 is 0 Å². The number of nitrogens with one attached hydrogen (secondary N) is 3. The number of hydrogen-bond donors (Lipinski definition) is 3. The third-order valence-corrected chi connectivity index (χ3v) is 2.80. The van der Waals surface area contributed by atoms with Crippen LogP contribution in [0.25, 0.3) is 10.8 Å². The van der Waals surface area contributed by atoms with Crippen molar-refractivity contribution in [1.29, 1.82) is 0 Å². The third-order valence-electron chi connectivity index (χ3n) is 2.80. The predicted octanol–water partition coefficient (Wildman–Crippen LogP) is 2.96. The third kappa shape index (κ3) is 1.76. The van der Waals surface area contributed by atoms with Gasteiger partial charge in [-0.15, -0.1) is 0 Å². The lowest BCUT2D eigenvalue weighted by Crippen LogP contribution is -1.96. The molecular weight excluding hydrogens is 198 g/mol. The van der Waals surface area contributed by atoms with Gasteiger partial charge in [-0.1, -0.05) is 6.07 Å². The summed E-state index contributed by atoms with van der Waals surface area (Å²) in [6.45, 7) is 0. The second-order valence-corrected chi connectivity index (χ2v) is 3.71. The van der Waals surface area contributed by atoms with E-state index < -0.39 is 0 Å². The molecule has 0 aliphatic carbocycles. The van der Waals surface area contributed by atoms with Crippen LogP contribution in [0.1, 0.15) is 0 Å². The van der Waals surface area contributed by atoms with Gasteiger partial charge >= 0.3 is 0 Å². The van der Waals surface area contributed by atoms with Crippen LogP contribution in [0.2, 0.25) is 0 Å². The van der Waals surface area contributed by atoms with Crippen molar-refractivity contribution in [2.45, 2.75) is 0 Å². The highest BCUT2D eigenvalue weighted by atomic mass is 14.9. The molecule has 0 fully saturated rings. The van der Waals surface area contributed by atoms with Crippen LogP contribution in [-0.2, 0) is 0 Å². The van der Waals surface area contributed by atoms with E-state index in [9.17, 15) is 0 Å². The van der Waals surface area contributed by atoms with Crippen molar-refractivity contribution >= 4 is 27.8 Å². The van der Waals surface area contributed by atoms with E-state index in [0.717, 1.165) is 17.1 Å². The quantitative estimate of drug-likeness (QED) is 0.736. The minimum absolute atomic E-state index is 1.11. The van der Waals surface area contributed by atoms with Crippen molar-refractivity contribution < 1.29 is 0 Å². The fraction of sp³-hybridized carbons (Fsp3) is 0.231. The smallest absolute Gasteiger partial charge is 0.0579 e. The molecule has 16 heavy (non-hydrogen) atoms. The average Bonchev–Trinajstić information content (AvgIpc) is 2.36. The number of anilines is 3. The van der Waals surface area contributed by atoms with Gasteiger partial charge in [-0.05, 0) is 35.0 Å². The normalized spacial score (nSPS) is 10.2. The summed E-state index contributed by atoms with van der Waals surface area (Å²) in [5, 5.41) is 12.0. The summed E-state index contributed by atoms with van der Waals surface area (Å²) in [7, 11) is 5.80. The van der Waals surface area contributed by atoms with Gasteiger partial charge < -0.3 is 16.0 Å². The summed E-state index contributed by atoms with van der Waals surface area (Å²) in [5.74, 6) is 0. The first-order valence-electron chi connectivity index (χ1n) is 5.39. The Bertz CT molecular complexity index is 506. The van der Waals surface area contributed by atoms with E-state index in [2.05, 4.69) is 46.3 Å². The average molecular weight is 215 g/mol. The van der Waals surface area contributed by atoms with Crippen molar-refractivity contribution in [2.24, 2.45) is 0 Å². The highest BCUT2D eigenvalue weighted by Gasteiger charge is 2.02. The molecular formula is C13H17N3. The first-order chi connectivity index (χ1) is 7.78. The summed E-state index contributed by atoms with van der Waals surface area (Å²) < 4.78 is 0. The van der Waals surface area contributed by atoms with Crippen LogP contribution < -0.4 is 16.0 Å². The zero-order valence-electron chi connectivity index (χ0n) is 9.89. The second kappa shape index (κ2) is 4.31. The molecule has 0 heterocycles. The molecule has 0 aliphatic heterocycles. The molecule has 3 nitrogen and oxygen atoms in total. The van der Waals surface area contributed by atoms with Crippen LogP contribution in [-0.4, -0.2) is 21.1 Å². The summed E-state index contributed by atoms with van der Waals surface area (Å²) in [6, 6.07) is 10.7. The van der Waals surface area contributed by atoms with Crippen molar-refractivity contribution in [2.75, 3.05) is 37.1 Å². The highest BCUT2D eigenvalue weighted by molar-refractivity contribution is 5.93. The van der Waals surface area contributed by atoms with Crippen LogP contribution in [0.3, 0.4) is 0 Å². The van der Waals surface area contributed by atoms with Crippen molar-refractivity contribution in [3.63, 3.8) is 0 Å². The van der Waals surface area contributed by atoms with Crippen LogP contribution in [0.15, 0.2) is 30.3 Å². The standard InChI is InChI=1S/C13H17N3/c1-14-11-5-4-9-7-12(15-2)13(16-3)8-10(9)6-11/h4-8,14-16H,1-3H3. The van der Waals surface area contributed by atoms with Crippen molar-refractivity contribution in [3.8, 4) is 0 Å². The highest BCUT2D eigenvalue weighted by Crippen LogP contribution is 2.29. The minimum Gasteiger partial charge on any atom is -0.388 e. The number of benzene rings is 2. The van der Waals surface area contributed by atoms with Gasteiger partial charge in [-0.25, -0.2) is 0 Å². The molecule has 0 saturated carbocycles. The molecule has 2 aromatic carbocycles. The molecule has 0 saturated heterocycles. The van der Waals surface area contributed by atoms with Crippen LogP contribution >= 0.6 is 0 Å². The first-order valence-corrected chi connectivity index (χ1v) is 5.39. The zero-order valence-corrected chi connectivity index (χ0v) is 9.89. The Labute approximate surface area is 95.9 Å². The minimum atomic E-state index is 1.11. The Balaban J connectivity index is 2.63. The van der Waals surface area contributed by atoms with Gasteiger partial charge in [0.1, 0.15) is 0 Å². The molecule has 0 unspecified atom stereocenters. The Morgan fingerprint density at radius 2 is 1.31 bits per heavy atom. The summed E-state index contributed by atoms with van der Waals surface area (Å²) >= 11 is 0. The second-order valence-electron chi connectivity index (χ2n) is 3.71. The van der Waals surface area contributed by atoms with Gasteiger partial charge in [0, 0.05) is 26.8 Å². The van der Waals surface area contributed by atoms with E-state index in [4.69, 9.17) is 0 Å². The number of hydrogen-bond acceptors (Lipinski definition) is 3. The van der Waals surface area contributed by atoms with Crippen molar-refractivity contribution in [1.82, 2.24) is 0 Å². The molecule has 0 radical (unpaired) electrons. The lowest BCUT2D eigenvalue weighted by atomic mass is 10.1. The fourth-order valence-corrected chi connectivity index (χ4v) is 1.87. The fourth-order valence-electron chi connectivity index (χ4n) is 1.87. The summed E-state index contributed by atoms with van der Waals surface area (Å²) in [5.41, 5.74) is 3.36. The van der Waals surface area contributed by atoms with Crippen LogP contribution in [0.4, 0.5) is 17.1 Å². The maximum absolute atomic E-state index is 3.19. The molecule has 2 aromatic rings. The number of fused-ring (bicyclic) bond motifs is 1. The van der Waals surface area contributed by atoms with E-state index in [1.54, 1.807) is 0 Å². The van der Waals surface area contributed by atoms with Gasteiger partial charge in [0.15, 0.2) is 0 Å². The summed E-state index contributed by atoms with van der Waals surface area (Å²) in [6.07, 6.45) is 0. The van der Waals surface area contributed by atoms with Crippen LogP contribution in [0, 0.1) is 0 Å².